The fraction of sp³-hybridized carbons (Fsp3) is 0.222. The third-order valence-electron chi connectivity index (χ3n) is 4.02. The molecule has 0 aromatic heterocycles. The van der Waals surface area contributed by atoms with Crippen LogP contribution in [-0.4, -0.2) is 23.5 Å². The predicted octanol–water partition coefficient (Wildman–Crippen LogP) is 3.73. The zero-order valence-electron chi connectivity index (χ0n) is 13.2. The lowest BCUT2D eigenvalue weighted by molar-refractivity contribution is -0.117. The molecule has 6 heteroatoms. The zero-order chi connectivity index (χ0) is 17.3. The Morgan fingerprint density at radius 1 is 1.25 bits per heavy atom. The molecule has 2 aromatic rings. The van der Waals surface area contributed by atoms with Gasteiger partial charge in [0.1, 0.15) is 5.75 Å². The van der Waals surface area contributed by atoms with E-state index in [2.05, 4.69) is 5.32 Å². The van der Waals surface area contributed by atoms with Crippen LogP contribution in [-0.2, 0) is 4.79 Å². The van der Waals surface area contributed by atoms with Crippen LogP contribution in [0.15, 0.2) is 36.4 Å². The van der Waals surface area contributed by atoms with Crippen molar-refractivity contribution in [2.24, 2.45) is 0 Å². The summed E-state index contributed by atoms with van der Waals surface area (Å²) < 4.78 is 0. The number of aryl methyl sites for hydroxylation is 1. The number of halogens is 1. The second kappa shape index (κ2) is 6.53. The number of hydrogen-bond donors (Lipinski definition) is 2. The molecule has 5 nitrogen and oxygen atoms in total. The highest BCUT2D eigenvalue weighted by molar-refractivity contribution is 6.31. The SMILES string of the molecule is Cc1cc(NC(=O)c2cc(Cl)ccc2O)ccc1N1CCCC1=O. The molecule has 0 radical (unpaired) electrons. The van der Waals surface area contributed by atoms with Crippen LogP contribution in [0.3, 0.4) is 0 Å². The van der Waals surface area contributed by atoms with E-state index in [0.717, 1.165) is 24.2 Å². The van der Waals surface area contributed by atoms with E-state index in [1.165, 1.54) is 18.2 Å². The molecule has 2 amide bonds. The first kappa shape index (κ1) is 16.3. The molecule has 24 heavy (non-hydrogen) atoms. The van der Waals surface area contributed by atoms with E-state index in [1.54, 1.807) is 17.0 Å². The first-order valence-electron chi connectivity index (χ1n) is 7.66. The van der Waals surface area contributed by atoms with Crippen LogP contribution in [0.25, 0.3) is 0 Å². The fourth-order valence-electron chi connectivity index (χ4n) is 2.83. The molecule has 0 aliphatic carbocycles. The molecule has 2 aromatic carbocycles. The number of phenolic OH excluding ortho intramolecular Hbond substituents is 1. The molecule has 0 unspecified atom stereocenters. The van der Waals surface area contributed by atoms with Gasteiger partial charge >= 0.3 is 0 Å². The van der Waals surface area contributed by atoms with Crippen molar-refractivity contribution in [2.75, 3.05) is 16.8 Å². The first-order chi connectivity index (χ1) is 11.5. The standard InChI is InChI=1S/C18H17ClN2O3/c1-11-9-13(5-6-15(11)21-8-2-3-17(21)23)20-18(24)14-10-12(19)4-7-16(14)22/h4-7,9-10,22H,2-3,8H2,1H3,(H,20,24). The number of amides is 2. The van der Waals surface area contributed by atoms with Gasteiger partial charge in [-0.25, -0.2) is 0 Å². The van der Waals surface area contributed by atoms with Crippen molar-refractivity contribution in [3.63, 3.8) is 0 Å². The lowest BCUT2D eigenvalue weighted by atomic mass is 10.1. The predicted molar refractivity (Wildman–Crippen MR) is 93.8 cm³/mol. The van der Waals surface area contributed by atoms with Gasteiger partial charge < -0.3 is 15.3 Å². The number of nitrogens with one attached hydrogen (secondary N) is 1. The number of hydrogen-bond acceptors (Lipinski definition) is 3. The number of anilines is 2. The van der Waals surface area contributed by atoms with E-state index in [9.17, 15) is 14.7 Å². The fourth-order valence-corrected chi connectivity index (χ4v) is 3.00. The maximum Gasteiger partial charge on any atom is 0.259 e. The van der Waals surface area contributed by atoms with Crippen LogP contribution >= 0.6 is 11.6 Å². The highest BCUT2D eigenvalue weighted by atomic mass is 35.5. The summed E-state index contributed by atoms with van der Waals surface area (Å²) in [5.74, 6) is -0.453. The zero-order valence-corrected chi connectivity index (χ0v) is 13.9. The van der Waals surface area contributed by atoms with Gasteiger partial charge in [-0.1, -0.05) is 11.6 Å². The average molecular weight is 345 g/mol. The van der Waals surface area contributed by atoms with E-state index in [1.807, 2.05) is 13.0 Å². The van der Waals surface area contributed by atoms with Crippen molar-refractivity contribution in [1.29, 1.82) is 0 Å². The van der Waals surface area contributed by atoms with E-state index < -0.39 is 5.91 Å². The highest BCUT2D eigenvalue weighted by Gasteiger charge is 2.23. The lowest BCUT2D eigenvalue weighted by Crippen LogP contribution is -2.24. The molecule has 1 fully saturated rings. The van der Waals surface area contributed by atoms with Gasteiger partial charge in [-0.15, -0.1) is 0 Å². The van der Waals surface area contributed by atoms with Crippen LogP contribution in [0, 0.1) is 6.92 Å². The molecule has 2 N–H and O–H groups in total. The third-order valence-corrected chi connectivity index (χ3v) is 4.26. The molecule has 0 bridgehead atoms. The summed E-state index contributed by atoms with van der Waals surface area (Å²) in [6, 6.07) is 9.68. The van der Waals surface area contributed by atoms with E-state index in [0.29, 0.717) is 17.1 Å². The summed E-state index contributed by atoms with van der Waals surface area (Å²) in [6.45, 7) is 2.62. The number of benzene rings is 2. The van der Waals surface area contributed by atoms with Crippen LogP contribution < -0.4 is 10.2 Å². The minimum absolute atomic E-state index is 0.110. The molecular formula is C18H17ClN2O3. The summed E-state index contributed by atoms with van der Waals surface area (Å²) in [7, 11) is 0. The Labute approximate surface area is 144 Å². The molecule has 1 saturated heterocycles. The lowest BCUT2D eigenvalue weighted by Gasteiger charge is -2.19. The van der Waals surface area contributed by atoms with Gasteiger partial charge in [-0.05, 0) is 55.3 Å². The van der Waals surface area contributed by atoms with Crippen molar-refractivity contribution in [3.05, 3.63) is 52.5 Å². The maximum atomic E-state index is 12.3. The second-order valence-electron chi connectivity index (χ2n) is 5.77. The van der Waals surface area contributed by atoms with E-state index >= 15 is 0 Å². The Bertz CT molecular complexity index is 820. The minimum Gasteiger partial charge on any atom is -0.507 e. The Morgan fingerprint density at radius 3 is 2.71 bits per heavy atom. The topological polar surface area (TPSA) is 69.6 Å². The van der Waals surface area contributed by atoms with E-state index in [4.69, 9.17) is 11.6 Å². The van der Waals surface area contributed by atoms with Crippen molar-refractivity contribution in [3.8, 4) is 5.75 Å². The van der Waals surface area contributed by atoms with Gasteiger partial charge in [0.05, 0.1) is 5.56 Å². The highest BCUT2D eigenvalue weighted by Crippen LogP contribution is 2.28. The summed E-state index contributed by atoms with van der Waals surface area (Å²) in [5.41, 5.74) is 2.46. The largest absolute Gasteiger partial charge is 0.507 e. The van der Waals surface area contributed by atoms with Crippen molar-refractivity contribution < 1.29 is 14.7 Å². The molecule has 1 aliphatic rings. The van der Waals surface area contributed by atoms with Crippen LogP contribution in [0.2, 0.25) is 5.02 Å². The monoisotopic (exact) mass is 344 g/mol. The molecule has 1 heterocycles. The van der Waals surface area contributed by atoms with Gasteiger partial charge in [0.25, 0.3) is 5.91 Å². The Morgan fingerprint density at radius 2 is 2.04 bits per heavy atom. The van der Waals surface area contributed by atoms with Crippen LogP contribution in [0.5, 0.6) is 5.75 Å². The molecular weight excluding hydrogens is 328 g/mol. The Balaban J connectivity index is 1.81. The van der Waals surface area contributed by atoms with Crippen LogP contribution in [0.4, 0.5) is 11.4 Å². The smallest absolute Gasteiger partial charge is 0.259 e. The number of phenols is 1. The number of carbonyl (C=O) groups excluding carboxylic acids is 2. The summed E-state index contributed by atoms with van der Waals surface area (Å²) in [4.78, 5) is 25.9. The molecule has 0 spiro atoms. The Kier molecular flexibility index (Phi) is 4.44. The molecule has 0 atom stereocenters. The average Bonchev–Trinajstić information content (AvgIpc) is 2.96. The van der Waals surface area contributed by atoms with Crippen molar-refractivity contribution >= 4 is 34.8 Å². The van der Waals surface area contributed by atoms with E-state index in [-0.39, 0.29) is 17.2 Å². The first-order valence-corrected chi connectivity index (χ1v) is 8.04. The summed E-state index contributed by atoms with van der Waals surface area (Å²) >= 11 is 5.87. The van der Waals surface area contributed by atoms with Gasteiger partial charge in [-0.3, -0.25) is 9.59 Å². The Hall–Kier alpha value is -2.53. The molecule has 124 valence electrons. The normalized spacial score (nSPS) is 14.1. The second-order valence-corrected chi connectivity index (χ2v) is 6.20. The number of carbonyl (C=O) groups is 2. The molecule has 3 rings (SSSR count). The summed E-state index contributed by atoms with van der Waals surface area (Å²) in [5, 5.41) is 12.9. The maximum absolute atomic E-state index is 12.3. The number of nitrogens with zero attached hydrogens (tertiary/aromatic N) is 1. The molecule has 0 saturated carbocycles. The van der Waals surface area contributed by atoms with Gasteiger partial charge in [-0.2, -0.15) is 0 Å². The summed E-state index contributed by atoms with van der Waals surface area (Å²) in [6.07, 6.45) is 1.44. The number of rotatable bonds is 3. The van der Waals surface area contributed by atoms with Crippen molar-refractivity contribution in [1.82, 2.24) is 0 Å². The van der Waals surface area contributed by atoms with Gasteiger partial charge in [0.2, 0.25) is 5.91 Å². The molecule has 1 aliphatic heterocycles. The van der Waals surface area contributed by atoms with Crippen molar-refractivity contribution in [2.45, 2.75) is 19.8 Å². The quantitative estimate of drug-likeness (QED) is 0.891. The van der Waals surface area contributed by atoms with Gasteiger partial charge in [0, 0.05) is 29.4 Å². The third kappa shape index (κ3) is 3.21. The van der Waals surface area contributed by atoms with Gasteiger partial charge in [0.15, 0.2) is 0 Å². The van der Waals surface area contributed by atoms with Crippen LogP contribution in [0.1, 0.15) is 28.8 Å². The number of aromatic hydroxyl groups is 1. The minimum atomic E-state index is -0.445.